The van der Waals surface area contributed by atoms with Gasteiger partial charge in [-0.05, 0) is 86.0 Å². The zero-order chi connectivity index (χ0) is 32.6. The summed E-state index contributed by atoms with van der Waals surface area (Å²) in [6.45, 7) is 3.45. The number of hydrogen-bond donors (Lipinski definition) is 3. The van der Waals surface area contributed by atoms with Crippen molar-refractivity contribution in [2.45, 2.75) is 32.0 Å². The van der Waals surface area contributed by atoms with Gasteiger partial charge < -0.3 is 25.2 Å². The van der Waals surface area contributed by atoms with Crippen molar-refractivity contribution < 1.29 is 23.1 Å². The van der Waals surface area contributed by atoms with E-state index in [4.69, 9.17) is 0 Å². The molecule has 12 heteroatoms. The van der Waals surface area contributed by atoms with Gasteiger partial charge in [0.25, 0.3) is 11.5 Å². The van der Waals surface area contributed by atoms with E-state index >= 15 is 0 Å². The number of rotatable bonds is 6. The number of piperidine rings is 1. The van der Waals surface area contributed by atoms with E-state index in [-0.39, 0.29) is 28.7 Å². The number of aromatic nitrogens is 3. The number of nitrogens with zero attached hydrogens (tertiary/aromatic N) is 4. The zero-order valence-corrected chi connectivity index (χ0v) is 25.1. The first-order chi connectivity index (χ1) is 22.0. The molecule has 3 N–H and O–H groups in total. The second-order valence-electron chi connectivity index (χ2n) is 11.3. The fourth-order valence-electron chi connectivity index (χ4n) is 5.52. The molecule has 46 heavy (non-hydrogen) atoms. The van der Waals surface area contributed by atoms with Crippen molar-refractivity contribution in [2.75, 3.05) is 28.6 Å². The summed E-state index contributed by atoms with van der Waals surface area (Å²) in [6, 6.07) is 18.9. The predicted octanol–water partition coefficient (Wildman–Crippen LogP) is 6.28. The molecule has 0 radical (unpaired) electrons. The van der Waals surface area contributed by atoms with Gasteiger partial charge in [-0.15, -0.1) is 0 Å². The number of carbonyl (C=O) groups excluding carboxylic acids is 1. The Labute approximate surface area is 262 Å². The van der Waals surface area contributed by atoms with Crippen LogP contribution in [0.15, 0.2) is 83.8 Å². The normalized spacial score (nSPS) is 14.0. The minimum absolute atomic E-state index is 0.129. The number of carbonyl (C=O) groups is 1. The first-order valence-corrected chi connectivity index (χ1v) is 14.7. The van der Waals surface area contributed by atoms with Crippen LogP contribution in [0.3, 0.4) is 0 Å². The maximum Gasteiger partial charge on any atom is 0.416 e. The Hall–Kier alpha value is -5.23. The lowest BCUT2D eigenvalue weighted by Gasteiger charge is -2.31. The third kappa shape index (κ3) is 6.43. The van der Waals surface area contributed by atoms with Crippen LogP contribution >= 0.6 is 0 Å². The Morgan fingerprint density at radius 2 is 1.70 bits per heavy atom. The number of aryl methyl sites for hydroxylation is 1. The number of nitrogens with one attached hydrogen (secondary N) is 2. The SMILES string of the molecule is Cc1ccc(NC(=O)c2cccc(C(F)(F)F)c2)cc1-c1cc2cnc(Nc3ccc(N4CCC(O)CC4)cc3)nc2c(=O)n1C. The van der Waals surface area contributed by atoms with Gasteiger partial charge in [-0.1, -0.05) is 12.1 Å². The average molecular weight is 629 g/mol. The molecular weight excluding hydrogens is 597 g/mol. The molecule has 3 aromatic carbocycles. The molecule has 1 fully saturated rings. The van der Waals surface area contributed by atoms with E-state index in [0.29, 0.717) is 22.3 Å². The van der Waals surface area contributed by atoms with Gasteiger partial charge in [-0.25, -0.2) is 9.97 Å². The molecule has 0 atom stereocenters. The van der Waals surface area contributed by atoms with Crippen LogP contribution in [0.2, 0.25) is 0 Å². The minimum atomic E-state index is -4.57. The lowest BCUT2D eigenvalue weighted by molar-refractivity contribution is -0.137. The van der Waals surface area contributed by atoms with Gasteiger partial charge in [0.2, 0.25) is 5.95 Å². The van der Waals surface area contributed by atoms with Gasteiger partial charge >= 0.3 is 6.18 Å². The fourth-order valence-corrected chi connectivity index (χ4v) is 5.52. The fraction of sp³-hybridized carbons (Fsp3) is 0.235. The molecule has 3 heterocycles. The number of halogens is 3. The molecule has 0 unspecified atom stereocenters. The number of hydrogen-bond acceptors (Lipinski definition) is 7. The molecule has 6 rings (SSSR count). The molecule has 0 bridgehead atoms. The van der Waals surface area contributed by atoms with Crippen LogP contribution in [0.1, 0.15) is 34.3 Å². The smallest absolute Gasteiger partial charge is 0.393 e. The quantitative estimate of drug-likeness (QED) is 0.203. The Morgan fingerprint density at radius 1 is 0.978 bits per heavy atom. The van der Waals surface area contributed by atoms with Crippen LogP contribution in [0.5, 0.6) is 0 Å². The molecule has 1 saturated heterocycles. The highest BCUT2D eigenvalue weighted by Gasteiger charge is 2.31. The van der Waals surface area contributed by atoms with Crippen molar-refractivity contribution in [2.24, 2.45) is 7.05 Å². The molecule has 0 saturated carbocycles. The third-order valence-corrected chi connectivity index (χ3v) is 8.15. The van der Waals surface area contributed by atoms with E-state index in [1.807, 2.05) is 31.2 Å². The molecular formula is C34H31F3N6O3. The average Bonchev–Trinajstić information content (AvgIpc) is 3.04. The molecule has 1 aliphatic heterocycles. The number of benzene rings is 3. The zero-order valence-electron chi connectivity index (χ0n) is 25.1. The van der Waals surface area contributed by atoms with E-state index in [1.54, 1.807) is 37.5 Å². The van der Waals surface area contributed by atoms with Crippen LogP contribution in [0.4, 0.5) is 36.2 Å². The number of pyridine rings is 1. The number of fused-ring (bicyclic) bond motifs is 1. The first kappa shape index (κ1) is 30.8. The van der Waals surface area contributed by atoms with E-state index in [2.05, 4.69) is 25.5 Å². The Morgan fingerprint density at radius 3 is 2.41 bits per heavy atom. The summed E-state index contributed by atoms with van der Waals surface area (Å²) in [6.07, 6.45) is -1.76. The van der Waals surface area contributed by atoms with Crippen molar-refractivity contribution >= 4 is 39.8 Å². The second kappa shape index (κ2) is 12.3. The number of anilines is 4. The van der Waals surface area contributed by atoms with Crippen molar-refractivity contribution in [1.82, 2.24) is 14.5 Å². The summed E-state index contributed by atoms with van der Waals surface area (Å²) >= 11 is 0. The summed E-state index contributed by atoms with van der Waals surface area (Å²) < 4.78 is 40.9. The predicted molar refractivity (Wildman–Crippen MR) is 172 cm³/mol. The lowest BCUT2D eigenvalue weighted by Crippen LogP contribution is -2.35. The van der Waals surface area contributed by atoms with Crippen molar-refractivity contribution in [3.8, 4) is 11.3 Å². The molecule has 0 spiro atoms. The van der Waals surface area contributed by atoms with Crippen LogP contribution in [-0.4, -0.2) is 44.7 Å². The second-order valence-corrected chi connectivity index (χ2v) is 11.3. The van der Waals surface area contributed by atoms with Crippen LogP contribution < -0.4 is 21.1 Å². The van der Waals surface area contributed by atoms with E-state index in [0.717, 1.165) is 55.0 Å². The molecule has 1 aliphatic rings. The Bertz CT molecular complexity index is 1980. The van der Waals surface area contributed by atoms with Gasteiger partial charge in [-0.3, -0.25) is 9.59 Å². The highest BCUT2D eigenvalue weighted by atomic mass is 19.4. The molecule has 5 aromatic rings. The summed E-state index contributed by atoms with van der Waals surface area (Å²) in [5, 5.41) is 16.1. The number of aliphatic hydroxyl groups is 1. The van der Waals surface area contributed by atoms with Crippen LogP contribution in [-0.2, 0) is 13.2 Å². The summed E-state index contributed by atoms with van der Waals surface area (Å²) in [4.78, 5) is 37.5. The topological polar surface area (TPSA) is 112 Å². The lowest BCUT2D eigenvalue weighted by atomic mass is 10.0. The third-order valence-electron chi connectivity index (χ3n) is 8.15. The summed E-state index contributed by atoms with van der Waals surface area (Å²) in [5.41, 5.74) is 3.02. The van der Waals surface area contributed by atoms with E-state index < -0.39 is 17.6 Å². The van der Waals surface area contributed by atoms with E-state index in [9.17, 15) is 27.9 Å². The summed E-state index contributed by atoms with van der Waals surface area (Å²) in [7, 11) is 1.62. The largest absolute Gasteiger partial charge is 0.416 e. The maximum absolute atomic E-state index is 13.5. The van der Waals surface area contributed by atoms with Crippen molar-refractivity contribution in [3.05, 3.63) is 106 Å². The molecule has 1 amide bonds. The van der Waals surface area contributed by atoms with Crippen molar-refractivity contribution in [1.29, 1.82) is 0 Å². The van der Waals surface area contributed by atoms with Crippen LogP contribution in [0, 0.1) is 6.92 Å². The summed E-state index contributed by atoms with van der Waals surface area (Å²) in [5.74, 6) is -0.426. The van der Waals surface area contributed by atoms with Gasteiger partial charge in [0.05, 0.1) is 17.4 Å². The standard InChI is InChI=1S/C34H31F3N6O3/c1-20-6-7-25(39-31(45)21-4-3-5-23(16-21)34(35,36)37)18-28(20)29-17-22-19-38-33(41-30(22)32(46)42(29)2)40-24-8-10-26(11-9-24)43-14-12-27(44)13-15-43/h3-11,16-19,27,44H,12-15H2,1-2H3,(H,39,45)(H,38,40,41). The van der Waals surface area contributed by atoms with Crippen LogP contribution in [0.25, 0.3) is 22.2 Å². The molecule has 2 aromatic heterocycles. The minimum Gasteiger partial charge on any atom is -0.393 e. The molecule has 236 valence electrons. The Kier molecular flexibility index (Phi) is 8.22. The highest BCUT2D eigenvalue weighted by Crippen LogP contribution is 2.31. The van der Waals surface area contributed by atoms with Gasteiger partial charge in [0.15, 0.2) is 0 Å². The van der Waals surface area contributed by atoms with Crippen molar-refractivity contribution in [3.63, 3.8) is 0 Å². The van der Waals surface area contributed by atoms with Gasteiger partial charge in [0.1, 0.15) is 5.52 Å². The van der Waals surface area contributed by atoms with Gasteiger partial charge in [0, 0.05) is 59.9 Å². The van der Waals surface area contributed by atoms with E-state index in [1.165, 1.54) is 16.7 Å². The number of aliphatic hydroxyl groups excluding tert-OH is 1. The molecule has 9 nitrogen and oxygen atoms in total. The first-order valence-electron chi connectivity index (χ1n) is 14.7. The van der Waals surface area contributed by atoms with Gasteiger partial charge in [-0.2, -0.15) is 13.2 Å². The highest BCUT2D eigenvalue weighted by molar-refractivity contribution is 6.04. The monoisotopic (exact) mass is 628 g/mol. The number of amides is 1. The maximum atomic E-state index is 13.5. The number of alkyl halides is 3. The molecule has 0 aliphatic carbocycles. The Balaban J connectivity index is 1.23.